The van der Waals surface area contributed by atoms with Crippen LogP contribution in [0.4, 0.5) is 35.9 Å². The second-order valence-corrected chi connectivity index (χ2v) is 14.6. The van der Waals surface area contributed by atoms with Crippen molar-refractivity contribution in [3.8, 4) is 11.5 Å². The van der Waals surface area contributed by atoms with E-state index in [9.17, 15) is 45.5 Å². The topological polar surface area (TPSA) is 130 Å². The lowest BCUT2D eigenvalue weighted by Gasteiger charge is -2.23. The second-order valence-electron chi connectivity index (χ2n) is 13.4. The summed E-state index contributed by atoms with van der Waals surface area (Å²) in [5.41, 5.74) is -1.31. The number of carbonyl (C=O) groups is 4. The van der Waals surface area contributed by atoms with Gasteiger partial charge in [-0.3, -0.25) is 9.59 Å². The van der Waals surface area contributed by atoms with Crippen molar-refractivity contribution in [3.63, 3.8) is 0 Å². The van der Waals surface area contributed by atoms with Gasteiger partial charge in [-0.1, -0.05) is 24.3 Å². The fourth-order valence-electron chi connectivity index (χ4n) is 4.12. The number of nitrogens with one attached hydrogen (secondary N) is 1. The van der Waals surface area contributed by atoms with E-state index in [1.54, 1.807) is 76.3 Å². The Morgan fingerprint density at radius 1 is 0.778 bits per heavy atom. The number of hydrogen-bond donors (Lipinski definition) is 1. The molecule has 2 fully saturated rings. The Morgan fingerprint density at radius 2 is 1.30 bits per heavy atom. The Balaban J connectivity index is 0.000000406. The Hall–Kier alpha value is -3.81. The van der Waals surface area contributed by atoms with Gasteiger partial charge in [-0.2, -0.15) is 0 Å². The standard InChI is InChI=1S/C16H20F3NO4.C9H15NO3.C7H4F3IO.C4H8O/c1-15(2,3)24-14(22)20-10-6-8-12(21)11-7-4-5-9-13(11)23-16(17,18)19;1-9(2,3)13-8(12)10-6-4-5-7(10)11;8-7(9,10)12-6-4-2-1-3-5(6)11;1-2-4-5-3-1/h4-5,7,9H,6,8,10H2,1-3H3,(H,20,22);4-6H2,1-3H3;1-4H;1-4H2. The predicted octanol–water partition coefficient (Wildman–Crippen LogP) is 9.60. The normalized spacial score (nSPS) is 14.2. The third kappa shape index (κ3) is 23.1. The molecule has 0 radical (unpaired) electrons. The average Bonchev–Trinajstić information content (AvgIpc) is 3.74. The number of rotatable bonds is 7. The first-order chi connectivity index (χ1) is 24.9. The number of carbonyl (C=O) groups excluding carboxylic acids is 4. The van der Waals surface area contributed by atoms with Crippen molar-refractivity contribution >= 4 is 46.5 Å². The number of ketones is 1. The smallest absolute Gasteiger partial charge is 0.444 e. The Bertz CT molecular complexity index is 1480. The summed E-state index contributed by atoms with van der Waals surface area (Å²) in [6.07, 6.45) is -6.62. The number of Topliss-reactive ketones (excluding diaryl/α,β-unsaturated/α-hetero) is 1. The van der Waals surface area contributed by atoms with E-state index in [-0.39, 0.29) is 36.6 Å². The maximum absolute atomic E-state index is 12.3. The summed E-state index contributed by atoms with van der Waals surface area (Å²) in [4.78, 5) is 47.1. The van der Waals surface area contributed by atoms with Crippen LogP contribution in [0.1, 0.15) is 90.4 Å². The van der Waals surface area contributed by atoms with Gasteiger partial charge in [-0.15, -0.1) is 26.3 Å². The zero-order valence-corrected chi connectivity index (χ0v) is 33.1. The molecule has 2 aliphatic rings. The van der Waals surface area contributed by atoms with Crippen molar-refractivity contribution in [2.45, 2.75) is 104 Å². The molecule has 2 aliphatic heterocycles. The molecule has 0 bridgehead atoms. The number of amides is 3. The van der Waals surface area contributed by atoms with Crippen molar-refractivity contribution in [1.82, 2.24) is 10.2 Å². The zero-order valence-electron chi connectivity index (χ0n) is 31.0. The first-order valence-corrected chi connectivity index (χ1v) is 17.9. The van der Waals surface area contributed by atoms with E-state index in [1.807, 2.05) is 0 Å². The van der Waals surface area contributed by atoms with Crippen LogP contribution in [0.5, 0.6) is 11.5 Å². The van der Waals surface area contributed by atoms with Crippen LogP contribution in [0.2, 0.25) is 0 Å². The first kappa shape index (κ1) is 48.2. The molecular weight excluding hydrogens is 845 g/mol. The molecule has 0 saturated carbocycles. The summed E-state index contributed by atoms with van der Waals surface area (Å²) in [7, 11) is 0. The molecule has 11 nitrogen and oxygen atoms in total. The van der Waals surface area contributed by atoms with Gasteiger partial charge < -0.3 is 29.0 Å². The monoisotopic (exact) mass is 892 g/mol. The van der Waals surface area contributed by atoms with Crippen LogP contribution in [-0.2, 0) is 19.0 Å². The third-order valence-corrected chi connectivity index (χ3v) is 7.13. The highest BCUT2D eigenvalue weighted by Crippen LogP contribution is 2.28. The summed E-state index contributed by atoms with van der Waals surface area (Å²) in [6, 6.07) is 11.1. The molecular formula is C36H47F6IN2O9. The lowest BCUT2D eigenvalue weighted by molar-refractivity contribution is -0.275. The third-order valence-electron chi connectivity index (χ3n) is 6.24. The second kappa shape index (κ2) is 22.5. The van der Waals surface area contributed by atoms with Crippen LogP contribution >= 0.6 is 22.6 Å². The highest BCUT2D eigenvalue weighted by Gasteiger charge is 2.33. The molecule has 0 unspecified atom stereocenters. The minimum Gasteiger partial charge on any atom is -0.444 e. The molecule has 0 aromatic heterocycles. The summed E-state index contributed by atoms with van der Waals surface area (Å²) >= 11 is 1.78. The van der Waals surface area contributed by atoms with Gasteiger partial charge in [-0.25, -0.2) is 14.5 Å². The number of alkyl carbamates (subject to hydrolysis) is 1. The highest BCUT2D eigenvalue weighted by molar-refractivity contribution is 14.1. The van der Waals surface area contributed by atoms with E-state index < -0.39 is 47.6 Å². The molecule has 1 N–H and O–H groups in total. The van der Waals surface area contributed by atoms with Crippen molar-refractivity contribution in [1.29, 1.82) is 0 Å². The van der Waals surface area contributed by atoms with E-state index in [2.05, 4.69) is 14.8 Å². The van der Waals surface area contributed by atoms with E-state index in [0.29, 0.717) is 16.5 Å². The highest BCUT2D eigenvalue weighted by atomic mass is 127. The van der Waals surface area contributed by atoms with E-state index in [4.69, 9.17) is 14.2 Å². The fraction of sp³-hybridized carbons (Fsp3) is 0.556. The van der Waals surface area contributed by atoms with Gasteiger partial charge in [0.1, 0.15) is 22.7 Å². The molecule has 0 spiro atoms. The summed E-state index contributed by atoms with van der Waals surface area (Å²) in [6.45, 7) is 13.2. The van der Waals surface area contributed by atoms with E-state index in [0.717, 1.165) is 25.7 Å². The molecule has 2 heterocycles. The summed E-state index contributed by atoms with van der Waals surface area (Å²) in [5, 5.41) is 2.47. The molecule has 3 amide bonds. The van der Waals surface area contributed by atoms with Gasteiger partial charge in [0.25, 0.3) is 0 Å². The molecule has 4 rings (SSSR count). The molecule has 304 valence electrons. The fourth-order valence-corrected chi connectivity index (χ4v) is 4.62. The number of para-hydroxylation sites is 2. The van der Waals surface area contributed by atoms with Crippen molar-refractivity contribution < 1.29 is 69.2 Å². The number of nitrogens with zero attached hydrogens (tertiary/aromatic N) is 1. The lowest BCUT2D eigenvalue weighted by atomic mass is 10.1. The zero-order chi connectivity index (χ0) is 41.2. The van der Waals surface area contributed by atoms with Crippen molar-refractivity contribution in [3.05, 3.63) is 57.7 Å². The van der Waals surface area contributed by atoms with Gasteiger partial charge in [-0.05, 0) is 114 Å². The van der Waals surface area contributed by atoms with Crippen LogP contribution in [-0.4, -0.2) is 79.0 Å². The van der Waals surface area contributed by atoms with Crippen LogP contribution < -0.4 is 14.8 Å². The SMILES string of the molecule is C1CCOC1.CC(C)(C)OC(=O)N1CCCC1=O.CC(C)(C)OC(=O)NCCCC(=O)c1ccccc1OC(F)(F)F.FC(F)(F)Oc1ccccc1I. The molecule has 0 atom stereocenters. The number of imide groups is 1. The molecule has 54 heavy (non-hydrogen) atoms. The van der Waals surface area contributed by atoms with Crippen molar-refractivity contribution in [2.75, 3.05) is 26.3 Å². The largest absolute Gasteiger partial charge is 0.573 e. The Labute approximate surface area is 324 Å². The summed E-state index contributed by atoms with van der Waals surface area (Å²) in [5.74, 6) is -1.32. The minimum absolute atomic E-state index is 0.0337. The van der Waals surface area contributed by atoms with E-state index >= 15 is 0 Å². The van der Waals surface area contributed by atoms with Gasteiger partial charge in [0.15, 0.2) is 5.78 Å². The Morgan fingerprint density at radius 3 is 1.76 bits per heavy atom. The number of likely N-dealkylation sites (tertiary alicyclic amines) is 1. The van der Waals surface area contributed by atoms with Crippen LogP contribution in [0, 0.1) is 3.57 Å². The molecule has 2 saturated heterocycles. The average molecular weight is 893 g/mol. The van der Waals surface area contributed by atoms with Gasteiger partial charge in [0.2, 0.25) is 5.91 Å². The lowest BCUT2D eigenvalue weighted by Crippen LogP contribution is -2.37. The quantitative estimate of drug-likeness (QED) is 0.125. The molecule has 18 heteroatoms. The van der Waals surface area contributed by atoms with E-state index in [1.165, 1.54) is 48.1 Å². The molecule has 2 aromatic rings. The Kier molecular flexibility index (Phi) is 20.1. The van der Waals surface area contributed by atoms with Crippen LogP contribution in [0.15, 0.2) is 48.5 Å². The molecule has 2 aromatic carbocycles. The maximum Gasteiger partial charge on any atom is 0.573 e. The number of ether oxygens (including phenoxy) is 5. The number of alkyl halides is 6. The maximum atomic E-state index is 12.3. The summed E-state index contributed by atoms with van der Waals surface area (Å²) < 4.78 is 95.1. The molecule has 0 aliphatic carbocycles. The predicted molar refractivity (Wildman–Crippen MR) is 194 cm³/mol. The van der Waals surface area contributed by atoms with Gasteiger partial charge >= 0.3 is 24.9 Å². The number of hydrogen-bond acceptors (Lipinski definition) is 9. The number of benzene rings is 2. The van der Waals surface area contributed by atoms with Gasteiger partial charge in [0, 0.05) is 39.1 Å². The van der Waals surface area contributed by atoms with Crippen LogP contribution in [0.25, 0.3) is 0 Å². The van der Waals surface area contributed by atoms with Gasteiger partial charge in [0.05, 0.1) is 9.13 Å². The number of halogens is 7. The first-order valence-electron chi connectivity index (χ1n) is 16.8. The van der Waals surface area contributed by atoms with Crippen molar-refractivity contribution in [2.24, 2.45) is 0 Å². The minimum atomic E-state index is -4.87. The van der Waals surface area contributed by atoms with Crippen LogP contribution in [0.3, 0.4) is 0 Å².